The first-order chi connectivity index (χ1) is 13.5. The molecule has 28 heavy (non-hydrogen) atoms. The maximum Gasteiger partial charge on any atom is 0.333 e. The van der Waals surface area contributed by atoms with Crippen LogP contribution in [0.2, 0.25) is 0 Å². The maximum absolute atomic E-state index is 13.0. The molecule has 0 unspecified atom stereocenters. The molecule has 1 heterocycles. The lowest BCUT2D eigenvalue weighted by molar-refractivity contribution is -0.142. The van der Waals surface area contributed by atoms with E-state index in [0.29, 0.717) is 19.4 Å². The number of hydrogen-bond acceptors (Lipinski definition) is 3. The number of unbranched alkanes of at least 4 members (excludes halogenated alkanes) is 1. The molecule has 0 radical (unpaired) electrons. The summed E-state index contributed by atoms with van der Waals surface area (Å²) in [6, 6.07) is 15.4. The number of amides is 4. The van der Waals surface area contributed by atoms with Crippen LogP contribution in [0.4, 0.5) is 9.18 Å². The smallest absolute Gasteiger partial charge is 0.274 e. The Kier molecular flexibility index (Phi) is 6.53. The van der Waals surface area contributed by atoms with Gasteiger partial charge < -0.3 is 0 Å². The average molecular weight is 382 g/mol. The first-order valence-electron chi connectivity index (χ1n) is 9.47. The monoisotopic (exact) mass is 382 g/mol. The van der Waals surface area contributed by atoms with Gasteiger partial charge in [0.05, 0.1) is 0 Å². The first-order valence-corrected chi connectivity index (χ1v) is 9.47. The van der Waals surface area contributed by atoms with E-state index in [1.165, 1.54) is 22.6 Å². The van der Waals surface area contributed by atoms with Crippen molar-refractivity contribution in [1.29, 1.82) is 0 Å². The molecule has 0 aliphatic carbocycles. The number of urea groups is 1. The molecule has 3 rings (SSSR count). The summed E-state index contributed by atoms with van der Waals surface area (Å²) in [6.45, 7) is 0.488. The Morgan fingerprint density at radius 1 is 0.714 bits per heavy atom. The third-order valence-corrected chi connectivity index (χ3v) is 4.84. The van der Waals surface area contributed by atoms with Crippen molar-refractivity contribution < 1.29 is 18.8 Å². The summed E-state index contributed by atoms with van der Waals surface area (Å²) >= 11 is 0. The highest BCUT2D eigenvalue weighted by Crippen LogP contribution is 2.15. The maximum atomic E-state index is 13.0. The number of aryl methyl sites for hydroxylation is 1. The minimum Gasteiger partial charge on any atom is -0.274 e. The van der Waals surface area contributed by atoms with Crippen molar-refractivity contribution in [1.82, 2.24) is 9.80 Å². The molecule has 0 atom stereocenters. The Morgan fingerprint density at radius 3 is 2.00 bits per heavy atom. The van der Waals surface area contributed by atoms with Crippen molar-refractivity contribution in [2.24, 2.45) is 0 Å². The highest BCUT2D eigenvalue weighted by molar-refractivity contribution is 6.14. The van der Waals surface area contributed by atoms with E-state index in [1.54, 1.807) is 12.1 Å². The molecule has 5 nitrogen and oxygen atoms in total. The minimum atomic E-state index is -0.553. The van der Waals surface area contributed by atoms with Gasteiger partial charge in [-0.15, -0.1) is 0 Å². The Morgan fingerprint density at radius 2 is 1.32 bits per heavy atom. The Labute approximate surface area is 163 Å². The van der Waals surface area contributed by atoms with Gasteiger partial charge in [-0.1, -0.05) is 42.5 Å². The van der Waals surface area contributed by atoms with Crippen molar-refractivity contribution >= 4 is 17.8 Å². The zero-order chi connectivity index (χ0) is 19.9. The summed E-state index contributed by atoms with van der Waals surface area (Å²) in [5.41, 5.74) is 2.04. The lowest BCUT2D eigenvalue weighted by Gasteiger charge is -2.32. The summed E-state index contributed by atoms with van der Waals surface area (Å²) in [5, 5.41) is 0. The zero-order valence-corrected chi connectivity index (χ0v) is 15.6. The van der Waals surface area contributed by atoms with Crippen LogP contribution in [0.5, 0.6) is 0 Å². The van der Waals surface area contributed by atoms with E-state index in [2.05, 4.69) is 0 Å². The number of carbonyl (C=O) groups is 3. The third-order valence-electron chi connectivity index (χ3n) is 4.84. The van der Waals surface area contributed by atoms with E-state index in [-0.39, 0.29) is 18.8 Å². The summed E-state index contributed by atoms with van der Waals surface area (Å²) in [7, 11) is 0. The van der Waals surface area contributed by atoms with Gasteiger partial charge in [-0.2, -0.15) is 0 Å². The molecule has 1 fully saturated rings. The van der Waals surface area contributed by atoms with E-state index >= 15 is 0 Å². The van der Waals surface area contributed by atoms with Gasteiger partial charge in [-0.3, -0.25) is 19.4 Å². The van der Waals surface area contributed by atoms with Crippen molar-refractivity contribution in [2.75, 3.05) is 13.1 Å². The quantitative estimate of drug-likeness (QED) is 0.518. The van der Waals surface area contributed by atoms with Crippen molar-refractivity contribution in [3.05, 3.63) is 71.5 Å². The van der Waals surface area contributed by atoms with Gasteiger partial charge in [-0.05, 0) is 48.9 Å². The number of hydrogen-bond donors (Lipinski definition) is 0. The van der Waals surface area contributed by atoms with Crippen LogP contribution in [0.25, 0.3) is 0 Å². The number of halogens is 1. The number of carbonyl (C=O) groups excluding carboxylic acids is 3. The van der Waals surface area contributed by atoms with Crippen LogP contribution in [-0.4, -0.2) is 40.7 Å². The van der Waals surface area contributed by atoms with Gasteiger partial charge in [0.15, 0.2) is 0 Å². The summed E-state index contributed by atoms with van der Waals surface area (Å²) in [5.74, 6) is -1.24. The molecule has 0 N–H and O–H groups in total. The van der Waals surface area contributed by atoms with Gasteiger partial charge in [-0.25, -0.2) is 9.18 Å². The van der Waals surface area contributed by atoms with E-state index in [0.717, 1.165) is 23.3 Å². The predicted octanol–water partition coefficient (Wildman–Crippen LogP) is 3.57. The lowest BCUT2D eigenvalue weighted by atomic mass is 10.1. The fraction of sp³-hybridized carbons (Fsp3) is 0.318. The second kappa shape index (κ2) is 9.26. The topological polar surface area (TPSA) is 57.7 Å². The fourth-order valence-corrected chi connectivity index (χ4v) is 3.26. The van der Waals surface area contributed by atoms with Gasteiger partial charge >= 0.3 is 6.03 Å². The molecule has 0 aromatic heterocycles. The molecule has 1 aliphatic rings. The van der Waals surface area contributed by atoms with Crippen LogP contribution < -0.4 is 0 Å². The Balaban J connectivity index is 1.52. The van der Waals surface area contributed by atoms with Gasteiger partial charge in [0.1, 0.15) is 12.2 Å². The number of benzene rings is 2. The lowest BCUT2D eigenvalue weighted by Crippen LogP contribution is -2.55. The van der Waals surface area contributed by atoms with Gasteiger partial charge in [0.25, 0.3) is 0 Å². The standard InChI is InChI=1S/C22H23FN2O3/c23-19-11-9-18(10-12-19)13-15-25-21(27)16-20(26)24(22(25)28)14-5-4-8-17-6-2-1-3-7-17/h1-3,6-7,9-12H,4-5,8,13-16H2. The minimum absolute atomic E-state index is 0.178. The highest BCUT2D eigenvalue weighted by Gasteiger charge is 2.37. The first kappa shape index (κ1) is 19.7. The average Bonchev–Trinajstić information content (AvgIpc) is 2.69. The van der Waals surface area contributed by atoms with E-state index < -0.39 is 17.8 Å². The Hall–Kier alpha value is -3.02. The van der Waals surface area contributed by atoms with Gasteiger partial charge in [0, 0.05) is 13.1 Å². The summed E-state index contributed by atoms with van der Waals surface area (Å²) in [6.07, 6.45) is 2.56. The molecule has 6 heteroatoms. The Bertz CT molecular complexity index is 837. The highest BCUT2D eigenvalue weighted by atomic mass is 19.1. The number of rotatable bonds is 8. The second-order valence-corrected chi connectivity index (χ2v) is 6.87. The fourth-order valence-electron chi connectivity index (χ4n) is 3.26. The molecule has 0 bridgehead atoms. The van der Waals surface area contributed by atoms with E-state index in [4.69, 9.17) is 0 Å². The molecule has 0 spiro atoms. The molecule has 2 aromatic carbocycles. The molecule has 0 saturated carbocycles. The molecule has 1 aliphatic heterocycles. The SMILES string of the molecule is O=C1CC(=O)N(CCc2ccc(F)cc2)C(=O)N1CCCCc1ccccc1. The largest absolute Gasteiger partial charge is 0.333 e. The molecule has 4 amide bonds. The van der Waals surface area contributed by atoms with Crippen LogP contribution in [0.1, 0.15) is 30.4 Å². The summed E-state index contributed by atoms with van der Waals surface area (Å²) < 4.78 is 13.0. The van der Waals surface area contributed by atoms with Gasteiger partial charge in [0.2, 0.25) is 11.8 Å². The van der Waals surface area contributed by atoms with Crippen molar-refractivity contribution in [3.8, 4) is 0 Å². The van der Waals surface area contributed by atoms with Crippen molar-refractivity contribution in [3.63, 3.8) is 0 Å². The molecular weight excluding hydrogens is 359 g/mol. The van der Waals surface area contributed by atoms with Crippen LogP contribution in [0.15, 0.2) is 54.6 Å². The second-order valence-electron chi connectivity index (χ2n) is 6.87. The molecule has 1 saturated heterocycles. The van der Waals surface area contributed by atoms with E-state index in [9.17, 15) is 18.8 Å². The van der Waals surface area contributed by atoms with Crippen molar-refractivity contribution in [2.45, 2.75) is 32.1 Å². The molecular formula is C22H23FN2O3. The van der Waals surface area contributed by atoms with Crippen LogP contribution in [0.3, 0.4) is 0 Å². The number of barbiturate groups is 1. The van der Waals surface area contributed by atoms with Crippen LogP contribution >= 0.6 is 0 Å². The summed E-state index contributed by atoms with van der Waals surface area (Å²) in [4.78, 5) is 39.2. The number of imide groups is 2. The van der Waals surface area contributed by atoms with Crippen LogP contribution in [-0.2, 0) is 22.4 Å². The molecule has 2 aromatic rings. The number of nitrogens with zero attached hydrogens (tertiary/aromatic N) is 2. The zero-order valence-electron chi connectivity index (χ0n) is 15.6. The molecule has 146 valence electrons. The third kappa shape index (κ3) is 5.03. The van der Waals surface area contributed by atoms with E-state index in [1.807, 2.05) is 30.3 Å². The predicted molar refractivity (Wildman–Crippen MR) is 103 cm³/mol. The van der Waals surface area contributed by atoms with Crippen LogP contribution in [0, 0.1) is 5.82 Å². The normalized spacial score (nSPS) is 14.7.